The number of carbonyl (C=O) groups is 1. The molecule has 20 heavy (non-hydrogen) atoms. The average Bonchev–Trinajstić information content (AvgIpc) is 2.92. The van der Waals surface area contributed by atoms with Crippen molar-refractivity contribution in [3.8, 4) is 5.75 Å². The minimum atomic E-state index is -0.0272. The number of halogens is 1. The molecule has 1 aromatic carbocycles. The second kappa shape index (κ2) is 7.09. The molecular weight excluding hydrogens is 320 g/mol. The smallest absolute Gasteiger partial charge is 0.238 e. The van der Waals surface area contributed by atoms with E-state index in [1.54, 1.807) is 7.11 Å². The SMILES string of the molecule is COc1cc(Br)cc(C)c1NC(=O)CNC1CCCC1. The lowest BCUT2D eigenvalue weighted by molar-refractivity contribution is -0.115. The molecule has 1 saturated carbocycles. The van der Waals surface area contributed by atoms with E-state index in [1.165, 1.54) is 25.7 Å². The maximum Gasteiger partial charge on any atom is 0.238 e. The van der Waals surface area contributed by atoms with E-state index >= 15 is 0 Å². The molecule has 1 amide bonds. The van der Waals surface area contributed by atoms with Crippen LogP contribution in [0.3, 0.4) is 0 Å². The Hall–Kier alpha value is -1.07. The Kier molecular flexibility index (Phi) is 5.43. The third-order valence-electron chi connectivity index (χ3n) is 3.65. The molecule has 1 aliphatic rings. The first-order valence-corrected chi connectivity index (χ1v) is 7.77. The van der Waals surface area contributed by atoms with Crippen LogP contribution < -0.4 is 15.4 Å². The molecule has 2 N–H and O–H groups in total. The van der Waals surface area contributed by atoms with Crippen molar-refractivity contribution in [1.29, 1.82) is 0 Å². The summed E-state index contributed by atoms with van der Waals surface area (Å²) in [4.78, 5) is 12.0. The summed E-state index contributed by atoms with van der Waals surface area (Å²) in [5.41, 5.74) is 1.72. The fraction of sp³-hybridized carbons (Fsp3) is 0.533. The van der Waals surface area contributed by atoms with Gasteiger partial charge in [0.2, 0.25) is 5.91 Å². The Morgan fingerprint density at radius 1 is 1.40 bits per heavy atom. The van der Waals surface area contributed by atoms with Gasteiger partial charge in [-0.3, -0.25) is 4.79 Å². The molecule has 1 aromatic rings. The van der Waals surface area contributed by atoms with Crippen LogP contribution in [-0.2, 0) is 4.79 Å². The molecule has 0 spiro atoms. The molecule has 0 saturated heterocycles. The van der Waals surface area contributed by atoms with Crippen molar-refractivity contribution < 1.29 is 9.53 Å². The number of methoxy groups -OCH3 is 1. The predicted molar refractivity (Wildman–Crippen MR) is 84.3 cm³/mol. The van der Waals surface area contributed by atoms with Gasteiger partial charge in [-0.2, -0.15) is 0 Å². The van der Waals surface area contributed by atoms with Crippen LogP contribution in [0, 0.1) is 6.92 Å². The molecule has 0 unspecified atom stereocenters. The van der Waals surface area contributed by atoms with Gasteiger partial charge in [0.1, 0.15) is 5.75 Å². The largest absolute Gasteiger partial charge is 0.495 e. The molecule has 5 heteroatoms. The number of aryl methyl sites for hydroxylation is 1. The molecule has 0 bridgehead atoms. The number of amides is 1. The van der Waals surface area contributed by atoms with Gasteiger partial charge >= 0.3 is 0 Å². The third-order valence-corrected chi connectivity index (χ3v) is 4.11. The van der Waals surface area contributed by atoms with E-state index in [1.807, 2.05) is 19.1 Å². The lowest BCUT2D eigenvalue weighted by atomic mass is 10.2. The molecule has 0 heterocycles. The van der Waals surface area contributed by atoms with Gasteiger partial charge in [0.15, 0.2) is 0 Å². The van der Waals surface area contributed by atoms with Crippen molar-refractivity contribution >= 4 is 27.5 Å². The molecule has 4 nitrogen and oxygen atoms in total. The van der Waals surface area contributed by atoms with E-state index in [2.05, 4.69) is 26.6 Å². The number of nitrogens with one attached hydrogen (secondary N) is 2. The summed E-state index contributed by atoms with van der Waals surface area (Å²) in [6.45, 7) is 2.30. The molecule has 0 aromatic heterocycles. The molecule has 110 valence electrons. The summed E-state index contributed by atoms with van der Waals surface area (Å²) in [6, 6.07) is 4.31. The molecule has 2 rings (SSSR count). The van der Waals surface area contributed by atoms with Crippen molar-refractivity contribution in [2.75, 3.05) is 19.0 Å². The molecule has 1 fully saturated rings. The van der Waals surface area contributed by atoms with Gasteiger partial charge in [-0.1, -0.05) is 28.8 Å². The van der Waals surface area contributed by atoms with Crippen molar-refractivity contribution in [3.05, 3.63) is 22.2 Å². The first kappa shape index (κ1) is 15.3. The Bertz CT molecular complexity index is 485. The van der Waals surface area contributed by atoms with Crippen LogP contribution in [0.1, 0.15) is 31.2 Å². The van der Waals surface area contributed by atoms with Crippen molar-refractivity contribution in [2.24, 2.45) is 0 Å². The predicted octanol–water partition coefficient (Wildman–Crippen LogP) is 3.24. The van der Waals surface area contributed by atoms with Gasteiger partial charge in [-0.25, -0.2) is 0 Å². The molecule has 1 aliphatic carbocycles. The fourth-order valence-corrected chi connectivity index (χ4v) is 3.14. The zero-order valence-corrected chi connectivity index (χ0v) is 13.5. The van der Waals surface area contributed by atoms with Gasteiger partial charge in [-0.05, 0) is 37.5 Å². The Labute approximate surface area is 128 Å². The summed E-state index contributed by atoms with van der Waals surface area (Å²) in [6.07, 6.45) is 4.87. The van der Waals surface area contributed by atoms with E-state index in [9.17, 15) is 4.79 Å². The quantitative estimate of drug-likeness (QED) is 0.865. The highest BCUT2D eigenvalue weighted by Gasteiger charge is 2.16. The fourth-order valence-electron chi connectivity index (χ4n) is 2.58. The Morgan fingerprint density at radius 2 is 2.10 bits per heavy atom. The number of ether oxygens (including phenoxy) is 1. The average molecular weight is 341 g/mol. The Balaban J connectivity index is 1.96. The second-order valence-electron chi connectivity index (χ2n) is 5.21. The van der Waals surface area contributed by atoms with Crippen LogP contribution in [0.4, 0.5) is 5.69 Å². The first-order chi connectivity index (χ1) is 9.60. The second-order valence-corrected chi connectivity index (χ2v) is 6.13. The Morgan fingerprint density at radius 3 is 2.75 bits per heavy atom. The van der Waals surface area contributed by atoms with Crippen LogP contribution in [-0.4, -0.2) is 25.6 Å². The number of rotatable bonds is 5. The molecule has 0 radical (unpaired) electrons. The first-order valence-electron chi connectivity index (χ1n) is 6.97. The number of benzene rings is 1. The maximum atomic E-state index is 12.0. The zero-order chi connectivity index (χ0) is 14.5. The van der Waals surface area contributed by atoms with Crippen LogP contribution in [0.2, 0.25) is 0 Å². The van der Waals surface area contributed by atoms with Crippen molar-refractivity contribution in [1.82, 2.24) is 5.32 Å². The van der Waals surface area contributed by atoms with Crippen LogP contribution >= 0.6 is 15.9 Å². The van der Waals surface area contributed by atoms with E-state index in [-0.39, 0.29) is 5.91 Å². The topological polar surface area (TPSA) is 50.4 Å². The zero-order valence-electron chi connectivity index (χ0n) is 12.0. The minimum absolute atomic E-state index is 0.0272. The van der Waals surface area contributed by atoms with Gasteiger partial charge in [0.05, 0.1) is 19.3 Å². The van der Waals surface area contributed by atoms with E-state index in [0.717, 1.165) is 15.7 Å². The number of hydrogen-bond acceptors (Lipinski definition) is 3. The summed E-state index contributed by atoms with van der Waals surface area (Å²) in [5.74, 6) is 0.645. The van der Waals surface area contributed by atoms with Crippen molar-refractivity contribution in [3.63, 3.8) is 0 Å². The van der Waals surface area contributed by atoms with Gasteiger partial charge in [0, 0.05) is 10.5 Å². The lowest BCUT2D eigenvalue weighted by Gasteiger charge is -2.15. The van der Waals surface area contributed by atoms with Gasteiger partial charge < -0.3 is 15.4 Å². The minimum Gasteiger partial charge on any atom is -0.495 e. The standard InChI is InChI=1S/C15H21BrN2O2/c1-10-7-11(16)8-13(20-2)15(10)18-14(19)9-17-12-5-3-4-6-12/h7-8,12,17H,3-6,9H2,1-2H3,(H,18,19). The van der Waals surface area contributed by atoms with Gasteiger partial charge in [0.25, 0.3) is 0 Å². The van der Waals surface area contributed by atoms with Crippen LogP contribution in [0.15, 0.2) is 16.6 Å². The highest BCUT2D eigenvalue weighted by molar-refractivity contribution is 9.10. The van der Waals surface area contributed by atoms with E-state index in [4.69, 9.17) is 4.74 Å². The summed E-state index contributed by atoms with van der Waals surface area (Å²) < 4.78 is 6.26. The lowest BCUT2D eigenvalue weighted by Crippen LogP contribution is -2.34. The summed E-state index contributed by atoms with van der Waals surface area (Å²) in [5, 5.41) is 6.24. The number of hydrogen-bond donors (Lipinski definition) is 2. The highest BCUT2D eigenvalue weighted by Crippen LogP contribution is 2.32. The summed E-state index contributed by atoms with van der Waals surface area (Å²) >= 11 is 3.42. The van der Waals surface area contributed by atoms with Gasteiger partial charge in [-0.15, -0.1) is 0 Å². The number of carbonyl (C=O) groups excluding carboxylic acids is 1. The summed E-state index contributed by atoms with van der Waals surface area (Å²) in [7, 11) is 1.60. The molecule has 0 atom stereocenters. The van der Waals surface area contributed by atoms with Crippen molar-refractivity contribution in [2.45, 2.75) is 38.6 Å². The van der Waals surface area contributed by atoms with E-state index in [0.29, 0.717) is 18.3 Å². The van der Waals surface area contributed by atoms with Crippen LogP contribution in [0.5, 0.6) is 5.75 Å². The normalized spacial score (nSPS) is 15.3. The third kappa shape index (κ3) is 3.96. The highest BCUT2D eigenvalue weighted by atomic mass is 79.9. The van der Waals surface area contributed by atoms with Crippen LogP contribution in [0.25, 0.3) is 0 Å². The molecular formula is C15H21BrN2O2. The maximum absolute atomic E-state index is 12.0. The molecule has 0 aliphatic heterocycles. The monoisotopic (exact) mass is 340 g/mol. The van der Waals surface area contributed by atoms with E-state index < -0.39 is 0 Å². The number of anilines is 1.